The molecule has 230 valence electrons. The number of aryl methyl sites for hydroxylation is 1. The van der Waals surface area contributed by atoms with E-state index in [0.717, 1.165) is 29.5 Å². The Morgan fingerprint density at radius 1 is 0.907 bits per heavy atom. The average Bonchev–Trinajstić information content (AvgIpc) is 3.84. The Balaban J connectivity index is 1.53. The van der Waals surface area contributed by atoms with Gasteiger partial charge in [0.15, 0.2) is 0 Å². The second kappa shape index (κ2) is 15.7. The number of benzene rings is 3. The molecule has 2 amide bonds. The number of carbonyl (C=O) groups excluding carboxylic acids is 2. The Hall–Kier alpha value is -3.73. The highest BCUT2D eigenvalue weighted by molar-refractivity contribution is 7.89. The van der Waals surface area contributed by atoms with Crippen molar-refractivity contribution in [3.05, 3.63) is 95.6 Å². The minimum absolute atomic E-state index is 0.0278. The van der Waals surface area contributed by atoms with Crippen LogP contribution >= 0.6 is 0 Å². The number of hydrogen-bond acceptors (Lipinski definition) is 6. The molecule has 0 bridgehead atoms. The molecule has 1 saturated carbocycles. The SMILES string of the molecule is COCCCNC(=O)[C@H](Cc1ccccc1)N(Cc1ccc(OC)cc1)C(=O)CCc1ccc(S(=O)(=O)NC2CC2)cc1. The second-order valence-corrected chi connectivity index (χ2v) is 12.5. The van der Waals surface area contributed by atoms with Gasteiger partial charge in [0.05, 0.1) is 12.0 Å². The standard InChI is InChI=1S/C33H41N3O6S/c1-41-22-6-21-34-33(38)31(23-26-7-4-3-5-8-26)36(24-27-9-16-29(42-2)17-10-27)32(37)20-13-25-11-18-30(19-12-25)43(39,40)35-28-14-15-28/h3-5,7-12,16-19,28,31,35H,6,13-15,20-24H2,1-2H3,(H,34,38)/t31-/m0/s1. The molecule has 3 aromatic carbocycles. The van der Waals surface area contributed by atoms with Crippen molar-refractivity contribution in [2.24, 2.45) is 0 Å². The number of rotatable bonds is 17. The Kier molecular flexibility index (Phi) is 11.7. The van der Waals surface area contributed by atoms with Crippen molar-refractivity contribution in [2.45, 2.75) is 62.0 Å². The van der Waals surface area contributed by atoms with Gasteiger partial charge in [-0.05, 0) is 66.6 Å². The van der Waals surface area contributed by atoms with Crippen LogP contribution in [0.2, 0.25) is 0 Å². The number of hydrogen-bond donors (Lipinski definition) is 2. The number of nitrogens with one attached hydrogen (secondary N) is 2. The minimum atomic E-state index is -3.55. The van der Waals surface area contributed by atoms with Crippen LogP contribution < -0.4 is 14.8 Å². The number of nitrogens with zero attached hydrogens (tertiary/aromatic N) is 1. The van der Waals surface area contributed by atoms with Crippen molar-refractivity contribution in [3.8, 4) is 5.75 Å². The molecule has 2 N–H and O–H groups in total. The van der Waals surface area contributed by atoms with Gasteiger partial charge in [-0.2, -0.15) is 0 Å². The summed E-state index contributed by atoms with van der Waals surface area (Å²) in [7, 11) is -0.331. The number of methoxy groups -OCH3 is 2. The largest absolute Gasteiger partial charge is 0.497 e. The molecule has 0 saturated heterocycles. The lowest BCUT2D eigenvalue weighted by Crippen LogP contribution is -2.50. The predicted molar refractivity (Wildman–Crippen MR) is 165 cm³/mol. The van der Waals surface area contributed by atoms with E-state index in [1.54, 1.807) is 43.4 Å². The summed E-state index contributed by atoms with van der Waals surface area (Å²) >= 11 is 0. The molecule has 9 nitrogen and oxygen atoms in total. The molecule has 0 radical (unpaired) electrons. The summed E-state index contributed by atoms with van der Waals surface area (Å²) in [5, 5.41) is 2.99. The fourth-order valence-electron chi connectivity index (χ4n) is 4.75. The Morgan fingerprint density at radius 2 is 1.58 bits per heavy atom. The van der Waals surface area contributed by atoms with E-state index >= 15 is 0 Å². The summed E-state index contributed by atoms with van der Waals surface area (Å²) in [6.45, 7) is 1.21. The smallest absolute Gasteiger partial charge is 0.243 e. The average molecular weight is 608 g/mol. The summed E-state index contributed by atoms with van der Waals surface area (Å²) in [5.41, 5.74) is 2.66. The molecule has 0 unspecified atom stereocenters. The van der Waals surface area contributed by atoms with Gasteiger partial charge >= 0.3 is 0 Å². The van der Waals surface area contributed by atoms with E-state index in [1.165, 1.54) is 0 Å². The molecule has 4 rings (SSSR count). The highest BCUT2D eigenvalue weighted by atomic mass is 32.2. The third-order valence-corrected chi connectivity index (χ3v) is 8.90. The van der Waals surface area contributed by atoms with Gasteiger partial charge in [0, 0.05) is 45.7 Å². The van der Waals surface area contributed by atoms with Crippen LogP contribution in [0, 0.1) is 0 Å². The van der Waals surface area contributed by atoms with Gasteiger partial charge in [0.2, 0.25) is 21.8 Å². The monoisotopic (exact) mass is 607 g/mol. The molecule has 10 heteroatoms. The lowest BCUT2D eigenvalue weighted by atomic mass is 10.0. The van der Waals surface area contributed by atoms with Crippen LogP contribution in [0.15, 0.2) is 83.8 Å². The lowest BCUT2D eigenvalue weighted by Gasteiger charge is -2.32. The highest BCUT2D eigenvalue weighted by Crippen LogP contribution is 2.23. The Labute approximate surface area is 254 Å². The van der Waals surface area contributed by atoms with Crippen molar-refractivity contribution < 1.29 is 27.5 Å². The van der Waals surface area contributed by atoms with Crippen LogP contribution in [0.4, 0.5) is 0 Å². The fraction of sp³-hybridized carbons (Fsp3) is 0.394. The highest BCUT2D eigenvalue weighted by Gasteiger charge is 2.30. The van der Waals surface area contributed by atoms with E-state index in [2.05, 4.69) is 10.0 Å². The summed E-state index contributed by atoms with van der Waals surface area (Å²) < 4.78 is 38.2. The summed E-state index contributed by atoms with van der Waals surface area (Å²) in [5.74, 6) is 0.312. The van der Waals surface area contributed by atoms with Gasteiger partial charge in [-0.25, -0.2) is 13.1 Å². The van der Waals surface area contributed by atoms with E-state index in [4.69, 9.17) is 9.47 Å². The van der Waals surface area contributed by atoms with Gasteiger partial charge in [-0.3, -0.25) is 9.59 Å². The zero-order chi connectivity index (χ0) is 30.7. The second-order valence-electron chi connectivity index (χ2n) is 10.8. The molecule has 1 fully saturated rings. The van der Waals surface area contributed by atoms with E-state index in [1.807, 2.05) is 54.6 Å². The third kappa shape index (κ3) is 9.91. The minimum Gasteiger partial charge on any atom is -0.497 e. The molecule has 3 aromatic rings. The van der Waals surface area contributed by atoms with Crippen LogP contribution in [-0.4, -0.2) is 64.6 Å². The molecule has 0 aliphatic heterocycles. The Morgan fingerprint density at radius 3 is 2.21 bits per heavy atom. The van der Waals surface area contributed by atoms with E-state index < -0.39 is 16.1 Å². The summed E-state index contributed by atoms with van der Waals surface area (Å²) in [6.07, 6.45) is 3.31. The number of amides is 2. The first-order chi connectivity index (χ1) is 20.8. The Bertz CT molecular complexity index is 1430. The molecule has 43 heavy (non-hydrogen) atoms. The van der Waals surface area contributed by atoms with Gasteiger partial charge < -0.3 is 19.7 Å². The van der Waals surface area contributed by atoms with E-state index in [-0.39, 0.29) is 35.7 Å². The van der Waals surface area contributed by atoms with Crippen molar-refractivity contribution in [3.63, 3.8) is 0 Å². The fourth-order valence-corrected chi connectivity index (χ4v) is 6.05. The van der Waals surface area contributed by atoms with Crippen molar-refractivity contribution in [1.82, 2.24) is 14.9 Å². The topological polar surface area (TPSA) is 114 Å². The maximum Gasteiger partial charge on any atom is 0.243 e. The molecular weight excluding hydrogens is 566 g/mol. The zero-order valence-electron chi connectivity index (χ0n) is 24.8. The van der Waals surface area contributed by atoms with E-state index in [0.29, 0.717) is 38.2 Å². The normalized spacial score (nSPS) is 13.7. The van der Waals surface area contributed by atoms with Crippen LogP contribution in [-0.2, 0) is 43.7 Å². The van der Waals surface area contributed by atoms with Crippen molar-refractivity contribution >= 4 is 21.8 Å². The lowest BCUT2D eigenvalue weighted by molar-refractivity contribution is -0.141. The first-order valence-electron chi connectivity index (χ1n) is 14.6. The molecule has 0 spiro atoms. The maximum atomic E-state index is 13.9. The number of ether oxygens (including phenoxy) is 2. The van der Waals surface area contributed by atoms with Crippen molar-refractivity contribution in [2.75, 3.05) is 27.4 Å². The molecule has 1 atom stereocenters. The van der Waals surface area contributed by atoms with Crippen LogP contribution in [0.5, 0.6) is 5.75 Å². The van der Waals surface area contributed by atoms with Gasteiger partial charge in [0.1, 0.15) is 11.8 Å². The summed E-state index contributed by atoms with van der Waals surface area (Å²) in [6, 6.07) is 23.0. The van der Waals surface area contributed by atoms with E-state index in [9.17, 15) is 18.0 Å². The van der Waals surface area contributed by atoms with Gasteiger partial charge in [0.25, 0.3) is 0 Å². The van der Waals surface area contributed by atoms with Crippen LogP contribution in [0.3, 0.4) is 0 Å². The number of carbonyl (C=O) groups is 2. The first-order valence-corrected chi connectivity index (χ1v) is 16.1. The molecule has 0 heterocycles. The maximum absolute atomic E-state index is 13.9. The summed E-state index contributed by atoms with van der Waals surface area (Å²) in [4.78, 5) is 29.4. The third-order valence-electron chi connectivity index (χ3n) is 7.37. The van der Waals surface area contributed by atoms with Crippen molar-refractivity contribution in [1.29, 1.82) is 0 Å². The molecule has 0 aromatic heterocycles. The number of sulfonamides is 1. The van der Waals surface area contributed by atoms with Gasteiger partial charge in [-0.15, -0.1) is 0 Å². The van der Waals surface area contributed by atoms with Crippen LogP contribution in [0.1, 0.15) is 42.4 Å². The zero-order valence-corrected chi connectivity index (χ0v) is 25.6. The molecule has 1 aliphatic rings. The predicted octanol–water partition coefficient (Wildman–Crippen LogP) is 3.86. The quantitative estimate of drug-likeness (QED) is 0.225. The van der Waals surface area contributed by atoms with Crippen LogP contribution in [0.25, 0.3) is 0 Å². The van der Waals surface area contributed by atoms with Gasteiger partial charge in [-0.1, -0.05) is 54.6 Å². The molecule has 1 aliphatic carbocycles. The first kappa shape index (κ1) is 32.2. The molecular formula is C33H41N3O6S.